The Labute approximate surface area is 129 Å². The first-order chi connectivity index (χ1) is 10.7. The molecule has 4 rings (SSSR count). The summed E-state index contributed by atoms with van der Waals surface area (Å²) in [6.07, 6.45) is 1.65. The molecular formula is C15H10N4O2S. The topological polar surface area (TPSA) is 79.0 Å². The van der Waals surface area contributed by atoms with E-state index < -0.39 is 0 Å². The predicted molar refractivity (Wildman–Crippen MR) is 80.3 cm³/mol. The molecule has 6 nitrogen and oxygen atoms in total. The van der Waals surface area contributed by atoms with Crippen molar-refractivity contribution in [2.75, 3.05) is 0 Å². The Balaban J connectivity index is 1.60. The van der Waals surface area contributed by atoms with Gasteiger partial charge in [0.2, 0.25) is 0 Å². The molecule has 0 saturated heterocycles. The maximum Gasteiger partial charge on any atom is 0.261 e. The fourth-order valence-electron chi connectivity index (χ4n) is 2.42. The Hall–Kier alpha value is -2.80. The third-order valence-electron chi connectivity index (χ3n) is 3.48. The van der Waals surface area contributed by atoms with E-state index in [0.717, 1.165) is 10.7 Å². The average Bonchev–Trinajstić information content (AvgIpc) is 3.25. The Morgan fingerprint density at radius 2 is 1.82 bits per heavy atom. The number of carbonyl (C=O) groups excluding carboxylic acids is 2. The molecule has 0 aliphatic carbocycles. The van der Waals surface area contributed by atoms with Crippen molar-refractivity contribution in [2.45, 2.75) is 6.54 Å². The molecule has 3 heterocycles. The van der Waals surface area contributed by atoms with Gasteiger partial charge in [-0.1, -0.05) is 12.1 Å². The van der Waals surface area contributed by atoms with Gasteiger partial charge in [0.25, 0.3) is 11.8 Å². The van der Waals surface area contributed by atoms with Crippen molar-refractivity contribution in [1.29, 1.82) is 0 Å². The van der Waals surface area contributed by atoms with Gasteiger partial charge in [0.1, 0.15) is 5.01 Å². The van der Waals surface area contributed by atoms with Gasteiger partial charge in [0.15, 0.2) is 0 Å². The second-order valence-corrected chi connectivity index (χ2v) is 5.71. The molecule has 0 fully saturated rings. The first-order valence-electron chi connectivity index (χ1n) is 6.63. The second-order valence-electron chi connectivity index (χ2n) is 4.86. The summed E-state index contributed by atoms with van der Waals surface area (Å²) in [6, 6.07) is 8.68. The molecule has 0 saturated carbocycles. The molecule has 1 aromatic carbocycles. The van der Waals surface area contributed by atoms with E-state index >= 15 is 0 Å². The van der Waals surface area contributed by atoms with E-state index in [1.807, 2.05) is 11.4 Å². The summed E-state index contributed by atoms with van der Waals surface area (Å²) in [4.78, 5) is 30.3. The van der Waals surface area contributed by atoms with Crippen molar-refractivity contribution in [3.05, 3.63) is 58.7 Å². The normalized spacial score (nSPS) is 13.7. The first-order valence-corrected chi connectivity index (χ1v) is 7.51. The molecule has 0 spiro atoms. The number of hydrogen-bond donors (Lipinski definition) is 1. The number of carbonyl (C=O) groups is 2. The van der Waals surface area contributed by atoms with Crippen LogP contribution in [-0.4, -0.2) is 31.9 Å². The van der Waals surface area contributed by atoms with Gasteiger partial charge < -0.3 is 0 Å². The van der Waals surface area contributed by atoms with Crippen molar-refractivity contribution in [3.8, 4) is 10.7 Å². The fraction of sp³-hybridized carbons (Fsp3) is 0.0667. The van der Waals surface area contributed by atoms with Crippen LogP contribution in [0.3, 0.4) is 0 Å². The van der Waals surface area contributed by atoms with Gasteiger partial charge in [-0.2, -0.15) is 5.10 Å². The van der Waals surface area contributed by atoms with Crippen LogP contribution in [-0.2, 0) is 6.54 Å². The highest BCUT2D eigenvalue weighted by Crippen LogP contribution is 2.26. The van der Waals surface area contributed by atoms with Gasteiger partial charge in [-0.3, -0.25) is 19.6 Å². The number of nitrogens with zero attached hydrogens (tertiary/aromatic N) is 3. The monoisotopic (exact) mass is 310 g/mol. The number of aromatic nitrogens is 3. The summed E-state index contributed by atoms with van der Waals surface area (Å²) >= 11 is 1.45. The summed E-state index contributed by atoms with van der Waals surface area (Å²) in [6.45, 7) is 0.178. The van der Waals surface area contributed by atoms with Gasteiger partial charge in [0.05, 0.1) is 29.1 Å². The number of H-pyrrole nitrogens is 1. The summed E-state index contributed by atoms with van der Waals surface area (Å²) in [5.41, 5.74) is 2.41. The van der Waals surface area contributed by atoms with Crippen LogP contribution in [0.25, 0.3) is 10.7 Å². The van der Waals surface area contributed by atoms with E-state index in [1.165, 1.54) is 16.2 Å². The number of imide groups is 1. The lowest BCUT2D eigenvalue weighted by molar-refractivity contribution is 0.0640. The quantitative estimate of drug-likeness (QED) is 0.753. The van der Waals surface area contributed by atoms with E-state index in [-0.39, 0.29) is 18.4 Å². The Bertz CT molecular complexity index is 834. The van der Waals surface area contributed by atoms with Gasteiger partial charge in [0, 0.05) is 11.6 Å². The number of aromatic amines is 1. The van der Waals surface area contributed by atoms with Gasteiger partial charge in [-0.05, 0) is 18.2 Å². The molecule has 0 atom stereocenters. The van der Waals surface area contributed by atoms with Gasteiger partial charge in [-0.25, -0.2) is 4.98 Å². The number of rotatable bonds is 3. The zero-order valence-corrected chi connectivity index (χ0v) is 12.1. The van der Waals surface area contributed by atoms with Gasteiger partial charge in [-0.15, -0.1) is 11.3 Å². The first kappa shape index (κ1) is 12.9. The lowest BCUT2D eigenvalue weighted by Gasteiger charge is -2.11. The minimum absolute atomic E-state index is 0.178. The predicted octanol–water partition coefficient (Wildman–Crippen LogP) is 2.33. The number of benzene rings is 1. The smallest absolute Gasteiger partial charge is 0.261 e. The van der Waals surface area contributed by atoms with Crippen LogP contribution >= 0.6 is 11.3 Å². The van der Waals surface area contributed by atoms with Crippen molar-refractivity contribution in [3.63, 3.8) is 0 Å². The molecule has 7 heteroatoms. The third kappa shape index (κ3) is 1.94. The Morgan fingerprint density at radius 3 is 2.45 bits per heavy atom. The van der Waals surface area contributed by atoms with Crippen LogP contribution in [0.1, 0.15) is 26.4 Å². The van der Waals surface area contributed by atoms with Crippen molar-refractivity contribution in [1.82, 2.24) is 20.1 Å². The highest BCUT2D eigenvalue weighted by molar-refractivity contribution is 7.13. The SMILES string of the molecule is O=C1c2ccccc2C(=O)N1Cc1csc(-c2ccn[nH]2)n1. The van der Waals surface area contributed by atoms with Gasteiger partial charge >= 0.3 is 0 Å². The van der Waals surface area contributed by atoms with E-state index in [9.17, 15) is 9.59 Å². The lowest BCUT2D eigenvalue weighted by Crippen LogP contribution is -2.29. The van der Waals surface area contributed by atoms with E-state index in [1.54, 1.807) is 30.5 Å². The fourth-order valence-corrected chi connectivity index (χ4v) is 3.21. The molecule has 0 bridgehead atoms. The van der Waals surface area contributed by atoms with E-state index in [0.29, 0.717) is 16.8 Å². The zero-order valence-electron chi connectivity index (χ0n) is 11.3. The average molecular weight is 310 g/mol. The largest absolute Gasteiger partial charge is 0.275 e. The molecule has 0 radical (unpaired) electrons. The van der Waals surface area contributed by atoms with E-state index in [2.05, 4.69) is 15.2 Å². The minimum Gasteiger partial charge on any atom is -0.275 e. The molecule has 108 valence electrons. The molecule has 1 aliphatic rings. The number of fused-ring (bicyclic) bond motifs is 1. The van der Waals surface area contributed by atoms with Crippen LogP contribution in [0.5, 0.6) is 0 Å². The van der Waals surface area contributed by atoms with Crippen LogP contribution in [0.2, 0.25) is 0 Å². The highest BCUT2D eigenvalue weighted by Gasteiger charge is 2.35. The second kappa shape index (κ2) is 4.88. The van der Waals surface area contributed by atoms with Crippen molar-refractivity contribution < 1.29 is 9.59 Å². The third-order valence-corrected chi connectivity index (χ3v) is 4.41. The molecule has 2 amide bonds. The van der Waals surface area contributed by atoms with E-state index in [4.69, 9.17) is 0 Å². The number of nitrogens with one attached hydrogen (secondary N) is 1. The molecule has 22 heavy (non-hydrogen) atoms. The molecular weight excluding hydrogens is 300 g/mol. The molecule has 0 unspecified atom stereocenters. The standard InChI is InChI=1S/C15H10N4O2S/c20-14-10-3-1-2-4-11(10)15(21)19(14)7-9-8-22-13(17-9)12-5-6-16-18-12/h1-6,8H,7H2,(H,16,18). The summed E-state index contributed by atoms with van der Waals surface area (Å²) < 4.78 is 0. The van der Waals surface area contributed by atoms with Crippen LogP contribution in [0.4, 0.5) is 0 Å². The van der Waals surface area contributed by atoms with Crippen LogP contribution < -0.4 is 0 Å². The Kier molecular flexibility index (Phi) is 2.87. The minimum atomic E-state index is -0.267. The highest BCUT2D eigenvalue weighted by atomic mass is 32.1. The summed E-state index contributed by atoms with van der Waals surface area (Å²) in [5.74, 6) is -0.534. The molecule has 1 N–H and O–H groups in total. The van der Waals surface area contributed by atoms with Crippen LogP contribution in [0.15, 0.2) is 41.9 Å². The zero-order chi connectivity index (χ0) is 15.1. The number of amides is 2. The molecule has 3 aromatic rings. The van der Waals surface area contributed by atoms with Crippen LogP contribution in [0, 0.1) is 0 Å². The Morgan fingerprint density at radius 1 is 1.09 bits per heavy atom. The number of hydrogen-bond acceptors (Lipinski definition) is 5. The molecule has 2 aromatic heterocycles. The molecule has 1 aliphatic heterocycles. The lowest BCUT2D eigenvalue weighted by atomic mass is 10.1. The summed E-state index contributed by atoms with van der Waals surface area (Å²) in [5, 5.41) is 9.36. The maximum absolute atomic E-state index is 12.3. The van der Waals surface area contributed by atoms with Crippen molar-refractivity contribution >= 4 is 23.2 Å². The number of thiazole rings is 1. The summed E-state index contributed by atoms with van der Waals surface area (Å²) in [7, 11) is 0. The maximum atomic E-state index is 12.3. The van der Waals surface area contributed by atoms with Crippen molar-refractivity contribution in [2.24, 2.45) is 0 Å².